The van der Waals surface area contributed by atoms with Gasteiger partial charge < -0.3 is 15.3 Å². The molecule has 0 aliphatic carbocycles. The normalized spacial score (nSPS) is 25.5. The molecule has 0 bridgehead atoms. The van der Waals surface area contributed by atoms with E-state index in [-0.39, 0.29) is 11.9 Å². The number of nitrogens with one attached hydrogen (secondary N) is 1. The molecular formula is C10H14N2O2S. The van der Waals surface area contributed by atoms with E-state index >= 15 is 0 Å². The van der Waals surface area contributed by atoms with E-state index in [9.17, 15) is 9.90 Å². The first-order valence-corrected chi connectivity index (χ1v) is 5.77. The highest BCUT2D eigenvalue weighted by Gasteiger charge is 2.31. The van der Waals surface area contributed by atoms with E-state index in [1.165, 1.54) is 11.3 Å². The smallest absolute Gasteiger partial charge is 0.264 e. The van der Waals surface area contributed by atoms with Crippen molar-refractivity contribution in [2.75, 3.05) is 20.1 Å². The lowest BCUT2D eigenvalue weighted by atomic mass is 10.2. The van der Waals surface area contributed by atoms with Gasteiger partial charge in [0.25, 0.3) is 5.91 Å². The van der Waals surface area contributed by atoms with Crippen LogP contribution in [0.3, 0.4) is 0 Å². The fourth-order valence-electron chi connectivity index (χ4n) is 1.77. The van der Waals surface area contributed by atoms with Crippen LogP contribution in [-0.2, 0) is 0 Å². The molecule has 82 valence electrons. The minimum Gasteiger partial charge on any atom is -0.390 e. The zero-order chi connectivity index (χ0) is 10.8. The quantitative estimate of drug-likeness (QED) is 0.755. The third-order valence-electron chi connectivity index (χ3n) is 2.70. The predicted molar refractivity (Wildman–Crippen MR) is 59.1 cm³/mol. The van der Waals surface area contributed by atoms with Gasteiger partial charge >= 0.3 is 0 Å². The van der Waals surface area contributed by atoms with Gasteiger partial charge in [-0.3, -0.25) is 4.79 Å². The van der Waals surface area contributed by atoms with Crippen LogP contribution in [0.15, 0.2) is 17.5 Å². The second-order valence-electron chi connectivity index (χ2n) is 3.69. The van der Waals surface area contributed by atoms with Crippen molar-refractivity contribution in [2.24, 2.45) is 0 Å². The highest BCUT2D eigenvalue weighted by atomic mass is 32.1. The number of carbonyl (C=O) groups excluding carboxylic acids is 1. The summed E-state index contributed by atoms with van der Waals surface area (Å²) in [4.78, 5) is 14.3. The molecule has 15 heavy (non-hydrogen) atoms. The van der Waals surface area contributed by atoms with Gasteiger partial charge in [0, 0.05) is 20.1 Å². The van der Waals surface area contributed by atoms with Crippen LogP contribution >= 0.6 is 11.3 Å². The average Bonchev–Trinajstić information content (AvgIpc) is 2.85. The Hall–Kier alpha value is -0.910. The molecule has 1 aromatic heterocycles. The van der Waals surface area contributed by atoms with Crippen LogP contribution in [0.4, 0.5) is 0 Å². The van der Waals surface area contributed by atoms with Crippen LogP contribution in [0.2, 0.25) is 0 Å². The van der Waals surface area contributed by atoms with Crippen LogP contribution < -0.4 is 5.32 Å². The molecule has 1 aliphatic rings. The largest absolute Gasteiger partial charge is 0.390 e. The number of amides is 1. The van der Waals surface area contributed by atoms with E-state index < -0.39 is 6.10 Å². The standard InChI is InChI=1S/C10H14N2O2S/c1-12(7-5-11-6-8(7)13)10(14)9-3-2-4-15-9/h2-4,7-8,11,13H,5-6H2,1H3/t7-,8-/m1/s1. The van der Waals surface area contributed by atoms with Crippen molar-refractivity contribution in [2.45, 2.75) is 12.1 Å². The predicted octanol–water partition coefficient (Wildman–Crippen LogP) is 0.153. The first kappa shape index (κ1) is 10.6. The maximum absolute atomic E-state index is 11.9. The summed E-state index contributed by atoms with van der Waals surface area (Å²) in [7, 11) is 1.74. The van der Waals surface area contributed by atoms with Gasteiger partial charge in [0.2, 0.25) is 0 Å². The van der Waals surface area contributed by atoms with E-state index in [4.69, 9.17) is 0 Å². The lowest BCUT2D eigenvalue weighted by Gasteiger charge is -2.25. The molecule has 2 atom stereocenters. The SMILES string of the molecule is CN(C(=O)c1cccs1)[C@@H]1CNC[C@H]1O. The van der Waals surface area contributed by atoms with Crippen LogP contribution in [0, 0.1) is 0 Å². The van der Waals surface area contributed by atoms with E-state index in [1.54, 1.807) is 18.0 Å². The number of hydrogen-bond acceptors (Lipinski definition) is 4. The van der Waals surface area contributed by atoms with E-state index in [0.29, 0.717) is 13.1 Å². The average molecular weight is 226 g/mol. The molecule has 0 unspecified atom stereocenters. The van der Waals surface area contributed by atoms with Gasteiger partial charge in [-0.15, -0.1) is 11.3 Å². The van der Waals surface area contributed by atoms with Crippen molar-refractivity contribution in [1.29, 1.82) is 0 Å². The molecule has 1 fully saturated rings. The number of hydrogen-bond donors (Lipinski definition) is 2. The van der Waals surface area contributed by atoms with Crippen molar-refractivity contribution >= 4 is 17.2 Å². The molecule has 1 saturated heterocycles. The molecule has 2 heterocycles. The summed E-state index contributed by atoms with van der Waals surface area (Å²) in [6, 6.07) is 3.55. The second kappa shape index (κ2) is 4.30. The molecule has 1 amide bonds. The summed E-state index contributed by atoms with van der Waals surface area (Å²) in [6.07, 6.45) is -0.459. The summed E-state index contributed by atoms with van der Waals surface area (Å²) < 4.78 is 0. The fourth-order valence-corrected chi connectivity index (χ4v) is 2.48. The van der Waals surface area contributed by atoms with Crippen molar-refractivity contribution in [3.8, 4) is 0 Å². The van der Waals surface area contributed by atoms with E-state index in [0.717, 1.165) is 4.88 Å². The van der Waals surface area contributed by atoms with Crippen LogP contribution in [0.25, 0.3) is 0 Å². The van der Waals surface area contributed by atoms with Gasteiger partial charge in [-0.2, -0.15) is 0 Å². The molecule has 1 aliphatic heterocycles. The maximum Gasteiger partial charge on any atom is 0.264 e. The zero-order valence-electron chi connectivity index (χ0n) is 8.51. The summed E-state index contributed by atoms with van der Waals surface area (Å²) >= 11 is 1.43. The van der Waals surface area contributed by atoms with Gasteiger partial charge in [0.15, 0.2) is 0 Å². The first-order valence-electron chi connectivity index (χ1n) is 4.89. The number of thiophene rings is 1. The summed E-state index contributed by atoms with van der Waals surface area (Å²) in [6.45, 7) is 1.22. The van der Waals surface area contributed by atoms with Gasteiger partial charge in [-0.05, 0) is 11.4 Å². The zero-order valence-corrected chi connectivity index (χ0v) is 9.33. The van der Waals surface area contributed by atoms with Crippen molar-refractivity contribution in [3.63, 3.8) is 0 Å². The van der Waals surface area contributed by atoms with Crippen LogP contribution in [0.5, 0.6) is 0 Å². The summed E-state index contributed by atoms with van der Waals surface area (Å²) in [5, 5.41) is 14.6. The number of likely N-dealkylation sites (N-methyl/N-ethyl adjacent to an activating group) is 1. The van der Waals surface area contributed by atoms with Crippen molar-refractivity contribution < 1.29 is 9.90 Å². The second-order valence-corrected chi connectivity index (χ2v) is 4.63. The Morgan fingerprint density at radius 3 is 3.00 bits per heavy atom. The van der Waals surface area contributed by atoms with Gasteiger partial charge in [-0.25, -0.2) is 0 Å². The van der Waals surface area contributed by atoms with Crippen LogP contribution in [-0.4, -0.2) is 48.2 Å². The minimum atomic E-state index is -0.459. The Morgan fingerprint density at radius 2 is 2.47 bits per heavy atom. The Balaban J connectivity index is 2.07. The molecular weight excluding hydrogens is 212 g/mol. The number of rotatable bonds is 2. The number of aliphatic hydroxyl groups excluding tert-OH is 1. The number of β-amino-alcohol motifs (C(OH)–C–C–N with tert-alkyl or cyclic N) is 1. The van der Waals surface area contributed by atoms with Gasteiger partial charge in [0.1, 0.15) is 0 Å². The molecule has 2 rings (SSSR count). The van der Waals surface area contributed by atoms with Crippen LogP contribution in [0.1, 0.15) is 9.67 Å². The summed E-state index contributed by atoms with van der Waals surface area (Å²) in [5.74, 6) is -0.0160. The monoisotopic (exact) mass is 226 g/mol. The topological polar surface area (TPSA) is 52.6 Å². The molecule has 0 saturated carbocycles. The van der Waals surface area contributed by atoms with E-state index in [2.05, 4.69) is 5.32 Å². The Labute approximate surface area is 92.5 Å². The molecule has 2 N–H and O–H groups in total. The lowest BCUT2D eigenvalue weighted by Crippen LogP contribution is -2.44. The lowest BCUT2D eigenvalue weighted by molar-refractivity contribution is 0.0585. The third-order valence-corrected chi connectivity index (χ3v) is 3.56. The maximum atomic E-state index is 11.9. The third kappa shape index (κ3) is 2.04. The summed E-state index contributed by atoms with van der Waals surface area (Å²) in [5.41, 5.74) is 0. The Kier molecular flexibility index (Phi) is 3.04. The Bertz CT molecular complexity index is 339. The van der Waals surface area contributed by atoms with Crippen molar-refractivity contribution in [1.82, 2.24) is 10.2 Å². The molecule has 4 nitrogen and oxygen atoms in total. The van der Waals surface area contributed by atoms with E-state index in [1.807, 2.05) is 11.4 Å². The molecule has 0 spiro atoms. The molecule has 0 radical (unpaired) electrons. The number of nitrogens with zero attached hydrogens (tertiary/aromatic N) is 1. The van der Waals surface area contributed by atoms with Crippen molar-refractivity contribution in [3.05, 3.63) is 22.4 Å². The van der Waals surface area contributed by atoms with Gasteiger partial charge in [-0.1, -0.05) is 6.07 Å². The molecule has 0 aromatic carbocycles. The highest BCUT2D eigenvalue weighted by molar-refractivity contribution is 7.12. The Morgan fingerprint density at radius 1 is 1.67 bits per heavy atom. The number of carbonyl (C=O) groups is 1. The molecule has 1 aromatic rings. The number of aliphatic hydroxyl groups is 1. The van der Waals surface area contributed by atoms with Gasteiger partial charge in [0.05, 0.1) is 17.0 Å². The molecule has 5 heteroatoms. The first-order chi connectivity index (χ1) is 7.20. The fraction of sp³-hybridized carbons (Fsp3) is 0.500. The minimum absolute atomic E-state index is 0.0160. The highest BCUT2D eigenvalue weighted by Crippen LogP contribution is 2.15.